The van der Waals surface area contributed by atoms with E-state index in [-0.39, 0.29) is 0 Å². The Labute approximate surface area is 133 Å². The highest BCUT2D eigenvalue weighted by molar-refractivity contribution is 7.84. The Kier molecular flexibility index (Phi) is 4.42. The number of hydrogen-bond donors (Lipinski definition) is 0. The highest BCUT2D eigenvalue weighted by atomic mass is 32.2. The lowest BCUT2D eigenvalue weighted by Gasteiger charge is -2.29. The van der Waals surface area contributed by atoms with E-state index in [2.05, 4.69) is 26.7 Å². The van der Waals surface area contributed by atoms with E-state index in [0.717, 1.165) is 24.5 Å². The minimum atomic E-state index is -1.22. The molecule has 6 nitrogen and oxygen atoms in total. The van der Waals surface area contributed by atoms with Gasteiger partial charge in [-0.1, -0.05) is 19.8 Å². The van der Waals surface area contributed by atoms with E-state index in [4.69, 9.17) is 0 Å². The highest BCUT2D eigenvalue weighted by Crippen LogP contribution is 2.34. The second-order valence-corrected chi connectivity index (χ2v) is 7.61. The molecule has 7 heteroatoms. The number of rotatable bonds is 4. The van der Waals surface area contributed by atoms with Crippen molar-refractivity contribution in [3.05, 3.63) is 24.0 Å². The third-order valence-electron chi connectivity index (χ3n) is 4.49. The second kappa shape index (κ2) is 6.32. The van der Waals surface area contributed by atoms with E-state index < -0.39 is 10.8 Å². The fourth-order valence-electron chi connectivity index (χ4n) is 3.28. The summed E-state index contributed by atoms with van der Waals surface area (Å²) in [5.74, 6) is 2.76. The van der Waals surface area contributed by atoms with E-state index in [9.17, 15) is 4.21 Å². The number of nitrogens with zero attached hydrogens (tertiary/aromatic N) is 5. The standard InChI is InChI=1S/C15H23N5OS/c1-11-5-4-6-13(9-11)20-12(2)17-18-15(20)22(21)10-14-16-7-8-19(14)3/h7-8,11,13H,4-6,9-10H2,1-3H3/t11-,13-,22+/m1/s1. The number of imidazole rings is 1. The van der Waals surface area contributed by atoms with Gasteiger partial charge in [-0.25, -0.2) is 4.98 Å². The van der Waals surface area contributed by atoms with Crippen LogP contribution in [0.3, 0.4) is 0 Å². The van der Waals surface area contributed by atoms with Gasteiger partial charge in [0.1, 0.15) is 11.6 Å². The summed E-state index contributed by atoms with van der Waals surface area (Å²) in [7, 11) is 0.694. The molecule has 0 spiro atoms. The smallest absolute Gasteiger partial charge is 0.222 e. The lowest BCUT2D eigenvalue weighted by Crippen LogP contribution is -2.21. The van der Waals surface area contributed by atoms with Crippen molar-refractivity contribution in [2.75, 3.05) is 0 Å². The summed E-state index contributed by atoms with van der Waals surface area (Å²) in [6, 6.07) is 0.374. The summed E-state index contributed by atoms with van der Waals surface area (Å²) in [5.41, 5.74) is 0. The van der Waals surface area contributed by atoms with Crippen LogP contribution in [0.5, 0.6) is 0 Å². The zero-order chi connectivity index (χ0) is 15.7. The molecule has 3 atom stereocenters. The van der Waals surface area contributed by atoms with Crippen LogP contribution in [0.25, 0.3) is 0 Å². The van der Waals surface area contributed by atoms with Gasteiger partial charge < -0.3 is 9.13 Å². The molecule has 0 aliphatic heterocycles. The van der Waals surface area contributed by atoms with Crippen LogP contribution in [-0.2, 0) is 23.6 Å². The molecular formula is C15H23N5OS. The number of aromatic nitrogens is 5. The van der Waals surface area contributed by atoms with Crippen LogP contribution in [0.2, 0.25) is 0 Å². The second-order valence-electron chi connectivity index (χ2n) is 6.27. The van der Waals surface area contributed by atoms with Crippen LogP contribution in [-0.4, -0.2) is 28.5 Å². The van der Waals surface area contributed by atoms with Crippen molar-refractivity contribution >= 4 is 10.8 Å². The third kappa shape index (κ3) is 2.99. The van der Waals surface area contributed by atoms with Crippen molar-refractivity contribution in [3.63, 3.8) is 0 Å². The molecule has 2 heterocycles. The van der Waals surface area contributed by atoms with Crippen molar-refractivity contribution < 1.29 is 4.21 Å². The van der Waals surface area contributed by atoms with Crippen molar-refractivity contribution in [1.82, 2.24) is 24.3 Å². The maximum atomic E-state index is 12.8. The van der Waals surface area contributed by atoms with Crippen LogP contribution in [0, 0.1) is 12.8 Å². The molecule has 0 aromatic carbocycles. The maximum Gasteiger partial charge on any atom is 0.222 e. The molecule has 1 saturated carbocycles. The van der Waals surface area contributed by atoms with Gasteiger partial charge in [0, 0.05) is 25.5 Å². The van der Waals surface area contributed by atoms with Gasteiger partial charge in [0.25, 0.3) is 0 Å². The van der Waals surface area contributed by atoms with Crippen LogP contribution in [0.1, 0.15) is 50.3 Å². The first-order chi connectivity index (χ1) is 10.6. The molecule has 0 amide bonds. The molecule has 0 bridgehead atoms. The number of aryl methyl sites for hydroxylation is 2. The van der Waals surface area contributed by atoms with Gasteiger partial charge in [0.2, 0.25) is 5.16 Å². The SMILES string of the molecule is Cc1nnc([S@@](=O)Cc2nccn2C)n1[C@@H]1CCC[C@@H](C)C1. The molecule has 1 aliphatic carbocycles. The highest BCUT2D eigenvalue weighted by Gasteiger charge is 2.27. The topological polar surface area (TPSA) is 65.6 Å². The largest absolute Gasteiger partial charge is 0.337 e. The van der Waals surface area contributed by atoms with Crippen molar-refractivity contribution in [3.8, 4) is 0 Å². The van der Waals surface area contributed by atoms with E-state index in [1.807, 2.05) is 24.7 Å². The molecule has 120 valence electrons. The summed E-state index contributed by atoms with van der Waals surface area (Å²) in [6.07, 6.45) is 8.33. The molecular weight excluding hydrogens is 298 g/mol. The molecule has 22 heavy (non-hydrogen) atoms. The third-order valence-corrected chi connectivity index (χ3v) is 5.70. The fraction of sp³-hybridized carbons (Fsp3) is 0.667. The van der Waals surface area contributed by atoms with E-state index in [1.165, 1.54) is 12.8 Å². The summed E-state index contributed by atoms with van der Waals surface area (Å²) in [5, 5.41) is 8.98. The molecule has 2 aromatic rings. The van der Waals surface area contributed by atoms with Gasteiger partial charge in [-0.2, -0.15) is 0 Å². The Hall–Kier alpha value is -1.50. The quantitative estimate of drug-likeness (QED) is 0.867. The Bertz CT molecular complexity index is 677. The first-order valence-corrected chi connectivity index (χ1v) is 9.14. The monoisotopic (exact) mass is 321 g/mol. The molecule has 1 fully saturated rings. The summed E-state index contributed by atoms with van der Waals surface area (Å²) in [6.45, 7) is 4.24. The van der Waals surface area contributed by atoms with Crippen molar-refractivity contribution in [2.45, 2.75) is 56.5 Å². The zero-order valence-corrected chi connectivity index (χ0v) is 14.2. The minimum Gasteiger partial charge on any atom is -0.337 e. The van der Waals surface area contributed by atoms with Gasteiger partial charge in [0.15, 0.2) is 0 Å². The first kappa shape index (κ1) is 15.4. The molecule has 0 N–H and O–H groups in total. The zero-order valence-electron chi connectivity index (χ0n) is 13.4. The Morgan fingerprint density at radius 2 is 2.18 bits per heavy atom. The lowest BCUT2D eigenvalue weighted by molar-refractivity contribution is 0.267. The van der Waals surface area contributed by atoms with E-state index >= 15 is 0 Å². The average Bonchev–Trinajstić information content (AvgIpc) is 3.05. The summed E-state index contributed by atoms with van der Waals surface area (Å²) < 4.78 is 16.8. The summed E-state index contributed by atoms with van der Waals surface area (Å²) >= 11 is 0. The first-order valence-electron chi connectivity index (χ1n) is 7.82. The molecule has 1 aliphatic rings. The van der Waals surface area contributed by atoms with Gasteiger partial charge in [-0.15, -0.1) is 10.2 Å². The molecule has 0 saturated heterocycles. The Balaban J connectivity index is 1.85. The maximum absolute atomic E-state index is 12.8. The van der Waals surface area contributed by atoms with Crippen LogP contribution in [0.15, 0.2) is 17.6 Å². The van der Waals surface area contributed by atoms with Crippen LogP contribution >= 0.6 is 0 Å². The molecule has 3 rings (SSSR count). The van der Waals surface area contributed by atoms with Gasteiger partial charge in [-0.3, -0.25) is 4.21 Å². The summed E-state index contributed by atoms with van der Waals surface area (Å²) in [4.78, 5) is 4.25. The Morgan fingerprint density at radius 3 is 2.86 bits per heavy atom. The minimum absolute atomic E-state index is 0.374. The molecule has 0 radical (unpaired) electrons. The predicted octanol–water partition coefficient (Wildman–Crippen LogP) is 2.38. The lowest BCUT2D eigenvalue weighted by atomic mass is 9.87. The normalized spacial score (nSPS) is 23.6. The van der Waals surface area contributed by atoms with Crippen molar-refractivity contribution in [2.24, 2.45) is 13.0 Å². The average molecular weight is 321 g/mol. The van der Waals surface area contributed by atoms with Crippen molar-refractivity contribution in [1.29, 1.82) is 0 Å². The van der Waals surface area contributed by atoms with Crippen LogP contribution < -0.4 is 0 Å². The van der Waals surface area contributed by atoms with Gasteiger partial charge in [0.05, 0.1) is 16.6 Å². The van der Waals surface area contributed by atoms with Crippen LogP contribution in [0.4, 0.5) is 0 Å². The van der Waals surface area contributed by atoms with Gasteiger partial charge >= 0.3 is 0 Å². The molecule has 2 aromatic heterocycles. The van der Waals surface area contributed by atoms with E-state index in [0.29, 0.717) is 22.9 Å². The predicted molar refractivity (Wildman–Crippen MR) is 84.7 cm³/mol. The Morgan fingerprint density at radius 1 is 1.36 bits per heavy atom. The van der Waals surface area contributed by atoms with E-state index in [1.54, 1.807) is 6.20 Å². The molecule has 0 unspecified atom stereocenters. The van der Waals surface area contributed by atoms with Gasteiger partial charge in [-0.05, 0) is 25.7 Å². The fourth-order valence-corrected chi connectivity index (χ4v) is 4.55. The number of hydrogen-bond acceptors (Lipinski definition) is 4.